The largest absolute Gasteiger partial charge is 0.441 e. The number of aryl methyl sites for hydroxylation is 1. The summed E-state index contributed by atoms with van der Waals surface area (Å²) in [6.45, 7) is 1.84. The average molecular weight is 437 g/mol. The summed E-state index contributed by atoms with van der Waals surface area (Å²) in [4.78, 5) is 17.9. The molecule has 0 spiro atoms. The van der Waals surface area contributed by atoms with Gasteiger partial charge in [-0.1, -0.05) is 43.9 Å². The molecule has 0 bridgehead atoms. The Morgan fingerprint density at radius 3 is 2.39 bits per heavy atom. The average Bonchev–Trinajstić information content (AvgIpc) is 2.98. The van der Waals surface area contributed by atoms with Gasteiger partial charge in [-0.15, -0.1) is 0 Å². The van der Waals surface area contributed by atoms with Crippen LogP contribution in [0.4, 0.5) is 0 Å². The molecule has 1 fully saturated rings. The molecule has 31 heavy (non-hydrogen) atoms. The van der Waals surface area contributed by atoms with E-state index >= 15 is 0 Å². The van der Waals surface area contributed by atoms with Crippen molar-refractivity contribution in [2.45, 2.75) is 62.1 Å². The molecule has 4 rings (SSSR count). The Bertz CT molecular complexity index is 1040. The van der Waals surface area contributed by atoms with Gasteiger partial charge in [0.2, 0.25) is 5.89 Å². The molecule has 2 aromatic carbocycles. The second-order valence-electron chi connectivity index (χ2n) is 8.06. The van der Waals surface area contributed by atoms with E-state index in [0.717, 1.165) is 23.3 Å². The van der Waals surface area contributed by atoms with Crippen LogP contribution in [-0.2, 0) is 16.6 Å². The number of nitrogens with zero attached hydrogens (tertiary/aromatic N) is 1. The van der Waals surface area contributed by atoms with Crippen LogP contribution in [0, 0.1) is 6.92 Å². The minimum absolute atomic E-state index is 0.0269. The van der Waals surface area contributed by atoms with Gasteiger partial charge in [0.05, 0.1) is 22.2 Å². The summed E-state index contributed by atoms with van der Waals surface area (Å²) in [7, 11) is -1.18. The van der Waals surface area contributed by atoms with Crippen LogP contribution in [-0.4, -0.2) is 21.1 Å². The fraction of sp³-hybridized carbons (Fsp3) is 0.360. The molecule has 0 saturated heterocycles. The highest BCUT2D eigenvalue weighted by atomic mass is 32.2. The zero-order valence-electron chi connectivity index (χ0n) is 17.8. The highest BCUT2D eigenvalue weighted by Gasteiger charge is 2.18. The molecule has 3 aromatic rings. The van der Waals surface area contributed by atoms with E-state index in [2.05, 4.69) is 10.3 Å². The van der Waals surface area contributed by atoms with Crippen molar-refractivity contribution in [2.75, 3.05) is 0 Å². The first kappa shape index (κ1) is 21.5. The highest BCUT2D eigenvalue weighted by molar-refractivity contribution is 7.84. The van der Waals surface area contributed by atoms with Gasteiger partial charge in [0.25, 0.3) is 5.91 Å². The fourth-order valence-electron chi connectivity index (χ4n) is 3.92. The van der Waals surface area contributed by atoms with E-state index in [1.54, 1.807) is 0 Å². The third-order valence-corrected chi connectivity index (χ3v) is 7.08. The first-order chi connectivity index (χ1) is 15.1. The van der Waals surface area contributed by atoms with Crippen molar-refractivity contribution in [3.05, 3.63) is 71.6 Å². The lowest BCUT2D eigenvalue weighted by Crippen LogP contribution is -2.34. The van der Waals surface area contributed by atoms with Crippen molar-refractivity contribution in [1.29, 1.82) is 0 Å². The van der Waals surface area contributed by atoms with E-state index in [9.17, 15) is 9.00 Å². The number of hydrogen-bond acceptors (Lipinski definition) is 4. The van der Waals surface area contributed by atoms with Crippen molar-refractivity contribution in [2.24, 2.45) is 0 Å². The van der Waals surface area contributed by atoms with Gasteiger partial charge in [0, 0.05) is 22.1 Å². The van der Waals surface area contributed by atoms with Gasteiger partial charge in [0.15, 0.2) is 0 Å². The van der Waals surface area contributed by atoms with Crippen LogP contribution < -0.4 is 5.32 Å². The lowest BCUT2D eigenvalue weighted by molar-refractivity contribution is 0.0933. The van der Waals surface area contributed by atoms with Crippen molar-refractivity contribution in [3.63, 3.8) is 0 Å². The molecule has 0 aliphatic heterocycles. The zero-order chi connectivity index (χ0) is 21.6. The summed E-state index contributed by atoms with van der Waals surface area (Å²) in [6.07, 6.45) is 7.02. The van der Waals surface area contributed by atoms with Crippen molar-refractivity contribution in [3.8, 4) is 11.5 Å². The first-order valence-electron chi connectivity index (χ1n) is 10.9. The smallest absolute Gasteiger partial charge is 0.251 e. The predicted molar refractivity (Wildman–Crippen MR) is 122 cm³/mol. The lowest BCUT2D eigenvalue weighted by Gasteiger charge is -2.16. The van der Waals surface area contributed by atoms with Gasteiger partial charge in [-0.3, -0.25) is 9.00 Å². The van der Waals surface area contributed by atoms with E-state index in [0.29, 0.717) is 28.7 Å². The van der Waals surface area contributed by atoms with Crippen LogP contribution >= 0.6 is 0 Å². The summed E-state index contributed by atoms with van der Waals surface area (Å²) in [5.41, 5.74) is 2.12. The van der Waals surface area contributed by atoms with Crippen LogP contribution in [0.25, 0.3) is 11.5 Å². The Labute approximate surface area is 185 Å². The molecule has 162 valence electrons. The quantitative estimate of drug-likeness (QED) is 0.525. The zero-order valence-corrected chi connectivity index (χ0v) is 18.6. The SMILES string of the molecule is Cc1oc(-c2ccc(C(=O)NC3CCCCCC3)cc2)nc1C[S@](=O)c1ccccc1. The van der Waals surface area contributed by atoms with Crippen molar-refractivity contribution in [1.82, 2.24) is 10.3 Å². The van der Waals surface area contributed by atoms with Crippen molar-refractivity contribution >= 4 is 16.7 Å². The summed E-state index contributed by atoms with van der Waals surface area (Å²) in [5, 5.41) is 3.17. The van der Waals surface area contributed by atoms with Crippen LogP contribution in [0.2, 0.25) is 0 Å². The maximum Gasteiger partial charge on any atom is 0.251 e. The Kier molecular flexibility index (Phi) is 6.97. The van der Waals surface area contributed by atoms with Crippen LogP contribution in [0.5, 0.6) is 0 Å². The van der Waals surface area contributed by atoms with Gasteiger partial charge in [-0.05, 0) is 56.2 Å². The monoisotopic (exact) mass is 436 g/mol. The second kappa shape index (κ2) is 10.1. The molecule has 1 aromatic heterocycles. The Hall–Kier alpha value is -2.73. The van der Waals surface area contributed by atoms with Crippen molar-refractivity contribution < 1.29 is 13.4 Å². The summed E-state index contributed by atoms with van der Waals surface area (Å²) in [6, 6.07) is 17.0. The Balaban J connectivity index is 1.42. The third-order valence-electron chi connectivity index (χ3n) is 5.75. The lowest BCUT2D eigenvalue weighted by atomic mass is 10.1. The number of nitrogens with one attached hydrogen (secondary N) is 1. The predicted octanol–water partition coefficient (Wildman–Crippen LogP) is 5.41. The summed E-state index contributed by atoms with van der Waals surface area (Å²) in [5.74, 6) is 1.42. The molecule has 1 amide bonds. The molecule has 0 radical (unpaired) electrons. The molecule has 1 aliphatic carbocycles. The number of aromatic nitrogens is 1. The highest BCUT2D eigenvalue weighted by Crippen LogP contribution is 2.24. The van der Waals surface area contributed by atoms with Gasteiger partial charge < -0.3 is 9.73 Å². The van der Waals surface area contributed by atoms with E-state index in [-0.39, 0.29) is 11.9 Å². The van der Waals surface area contributed by atoms with E-state index in [1.807, 2.05) is 61.5 Å². The van der Waals surface area contributed by atoms with Crippen LogP contribution in [0.3, 0.4) is 0 Å². The number of hydrogen-bond donors (Lipinski definition) is 1. The topological polar surface area (TPSA) is 72.2 Å². The van der Waals surface area contributed by atoms with Crippen LogP contribution in [0.15, 0.2) is 63.9 Å². The molecule has 6 heteroatoms. The minimum Gasteiger partial charge on any atom is -0.441 e. The maximum atomic E-state index is 12.6. The summed E-state index contributed by atoms with van der Waals surface area (Å²) < 4.78 is 18.4. The number of rotatable bonds is 6. The fourth-order valence-corrected chi connectivity index (χ4v) is 5.07. The third kappa shape index (κ3) is 5.50. The van der Waals surface area contributed by atoms with Crippen LogP contribution in [0.1, 0.15) is 60.3 Å². The minimum atomic E-state index is -1.18. The molecule has 1 N–H and O–H groups in total. The van der Waals surface area contributed by atoms with E-state index in [4.69, 9.17) is 4.42 Å². The number of oxazole rings is 1. The Morgan fingerprint density at radius 2 is 1.71 bits per heavy atom. The van der Waals surface area contributed by atoms with Gasteiger partial charge >= 0.3 is 0 Å². The first-order valence-corrected chi connectivity index (χ1v) is 12.2. The molecule has 1 heterocycles. The normalized spacial score (nSPS) is 15.9. The maximum absolute atomic E-state index is 12.6. The Morgan fingerprint density at radius 1 is 1.03 bits per heavy atom. The molecule has 0 unspecified atom stereocenters. The van der Waals surface area contributed by atoms with Gasteiger partial charge in [-0.2, -0.15) is 0 Å². The molecule has 5 nitrogen and oxygen atoms in total. The van der Waals surface area contributed by atoms with Gasteiger partial charge in [-0.25, -0.2) is 4.98 Å². The van der Waals surface area contributed by atoms with E-state index in [1.165, 1.54) is 25.7 Å². The molecule has 1 saturated carbocycles. The molecular weight excluding hydrogens is 408 g/mol. The number of amides is 1. The number of benzene rings is 2. The molecule has 1 atom stereocenters. The number of carbonyl (C=O) groups is 1. The second-order valence-corrected chi connectivity index (χ2v) is 9.52. The molecule has 1 aliphatic rings. The van der Waals surface area contributed by atoms with E-state index < -0.39 is 10.8 Å². The van der Waals surface area contributed by atoms with Gasteiger partial charge in [0.1, 0.15) is 5.76 Å². The number of carbonyl (C=O) groups excluding carboxylic acids is 1. The summed E-state index contributed by atoms with van der Waals surface area (Å²) >= 11 is 0. The molecular formula is C25H28N2O3S. The standard InChI is InChI=1S/C25H28N2O3S/c1-18-23(17-31(29)22-11-7-4-8-12-22)27-25(30-18)20-15-13-19(14-16-20)24(28)26-21-9-5-2-3-6-10-21/h4,7-8,11-16,21H,2-3,5-6,9-10,17H2,1H3,(H,26,28)/t31-/m0/s1.